The van der Waals surface area contributed by atoms with Crippen molar-refractivity contribution in [3.05, 3.63) is 127 Å². The summed E-state index contributed by atoms with van der Waals surface area (Å²) in [5.74, 6) is 1.38. The molecular weight excluding hydrogens is 610 g/mol. The first-order valence-corrected chi connectivity index (χ1v) is 13.4. The van der Waals surface area contributed by atoms with Crippen LogP contribution in [0.3, 0.4) is 0 Å². The molecule has 0 saturated carbocycles. The monoisotopic (exact) mass is 627 g/mol. The van der Waals surface area contributed by atoms with Gasteiger partial charge in [-0.3, -0.25) is 4.79 Å². The van der Waals surface area contributed by atoms with Crippen LogP contribution in [0.5, 0.6) is 5.75 Å². The predicted octanol–water partition coefficient (Wildman–Crippen LogP) is 7.80. The second-order valence-corrected chi connectivity index (χ2v) is 10.4. The van der Waals surface area contributed by atoms with Gasteiger partial charge in [-0.15, -0.1) is 0 Å². The maximum absolute atomic E-state index is 13.6. The molecular formula is C30H19Br2N3O3. The number of benzene rings is 4. The topological polar surface area (TPSA) is 69.6 Å². The Bertz CT molecular complexity index is 1880. The van der Waals surface area contributed by atoms with Crippen molar-refractivity contribution in [1.29, 1.82) is 0 Å². The van der Waals surface area contributed by atoms with Crippen molar-refractivity contribution >= 4 is 59.9 Å². The quantitative estimate of drug-likeness (QED) is 0.177. The molecule has 38 heavy (non-hydrogen) atoms. The molecule has 0 radical (unpaired) electrons. The van der Waals surface area contributed by atoms with Crippen molar-refractivity contribution < 1.29 is 9.15 Å². The molecule has 0 N–H and O–H groups in total. The van der Waals surface area contributed by atoms with Crippen molar-refractivity contribution in [2.75, 3.05) is 0 Å². The normalized spacial score (nSPS) is 11.5. The first-order chi connectivity index (χ1) is 18.5. The van der Waals surface area contributed by atoms with E-state index >= 15 is 0 Å². The Labute approximate surface area is 234 Å². The van der Waals surface area contributed by atoms with E-state index in [9.17, 15) is 4.79 Å². The lowest BCUT2D eigenvalue weighted by molar-refractivity contribution is 0.305. The number of rotatable bonds is 6. The predicted molar refractivity (Wildman–Crippen MR) is 157 cm³/mol. The van der Waals surface area contributed by atoms with E-state index in [1.54, 1.807) is 18.3 Å². The first-order valence-electron chi connectivity index (χ1n) is 11.8. The fraction of sp³-hybridized carbons (Fsp3) is 0.0333. The SMILES string of the molecule is O=c1c2ccccc2nc(-c2cc3cc(Br)ccc3o2)n1N=Cc1cc(Br)ccc1OCc1ccccc1. The van der Waals surface area contributed by atoms with Gasteiger partial charge in [0.15, 0.2) is 5.76 Å². The molecule has 4 aromatic carbocycles. The third-order valence-electron chi connectivity index (χ3n) is 5.97. The van der Waals surface area contributed by atoms with Gasteiger partial charge in [-0.2, -0.15) is 9.78 Å². The Hall–Kier alpha value is -4.01. The standard InChI is InChI=1S/C30H19Br2N3O3/c31-22-11-13-27-20(14-22)16-28(38-27)29-34-25-9-5-4-8-24(25)30(36)35(29)33-17-21-15-23(32)10-12-26(21)37-18-19-6-2-1-3-7-19/h1-17H,18H2. The van der Waals surface area contributed by atoms with Crippen molar-refractivity contribution in [3.8, 4) is 17.3 Å². The number of para-hydroxylation sites is 1. The van der Waals surface area contributed by atoms with Gasteiger partial charge in [-0.25, -0.2) is 4.98 Å². The largest absolute Gasteiger partial charge is 0.488 e. The summed E-state index contributed by atoms with van der Waals surface area (Å²) >= 11 is 7.02. The van der Waals surface area contributed by atoms with Crippen LogP contribution in [0.15, 0.2) is 120 Å². The zero-order valence-corrected chi connectivity index (χ0v) is 23.0. The summed E-state index contributed by atoms with van der Waals surface area (Å²) in [6, 6.07) is 30.4. The summed E-state index contributed by atoms with van der Waals surface area (Å²) in [6.07, 6.45) is 1.60. The second-order valence-electron chi connectivity index (χ2n) is 8.56. The van der Waals surface area contributed by atoms with Gasteiger partial charge in [0.05, 0.1) is 17.1 Å². The van der Waals surface area contributed by atoms with E-state index in [1.165, 1.54) is 4.68 Å². The van der Waals surface area contributed by atoms with E-state index in [4.69, 9.17) is 14.1 Å². The average Bonchev–Trinajstić information content (AvgIpc) is 3.35. The highest BCUT2D eigenvalue weighted by atomic mass is 79.9. The minimum atomic E-state index is -0.301. The molecule has 8 heteroatoms. The molecule has 0 aliphatic rings. The second kappa shape index (κ2) is 10.4. The van der Waals surface area contributed by atoms with Crippen molar-refractivity contribution in [2.24, 2.45) is 5.10 Å². The van der Waals surface area contributed by atoms with Gasteiger partial charge in [0.25, 0.3) is 5.56 Å². The van der Waals surface area contributed by atoms with Crippen LogP contribution in [0.4, 0.5) is 0 Å². The van der Waals surface area contributed by atoms with E-state index < -0.39 is 0 Å². The highest BCUT2D eigenvalue weighted by Gasteiger charge is 2.17. The molecule has 6 nitrogen and oxygen atoms in total. The van der Waals surface area contributed by atoms with Crippen LogP contribution >= 0.6 is 31.9 Å². The summed E-state index contributed by atoms with van der Waals surface area (Å²) in [5, 5.41) is 5.94. The van der Waals surface area contributed by atoms with Gasteiger partial charge in [0.2, 0.25) is 5.82 Å². The zero-order chi connectivity index (χ0) is 26.1. The lowest BCUT2D eigenvalue weighted by Crippen LogP contribution is -2.20. The number of furan rings is 1. The smallest absolute Gasteiger partial charge is 0.282 e. The molecule has 0 fully saturated rings. The molecule has 0 amide bonds. The zero-order valence-electron chi connectivity index (χ0n) is 19.8. The first kappa shape index (κ1) is 24.3. The van der Waals surface area contributed by atoms with E-state index in [1.807, 2.05) is 84.9 Å². The molecule has 0 atom stereocenters. The molecule has 0 aliphatic carbocycles. The van der Waals surface area contributed by atoms with E-state index in [-0.39, 0.29) is 5.56 Å². The maximum Gasteiger partial charge on any atom is 0.282 e. The third-order valence-corrected chi connectivity index (χ3v) is 6.96. The molecule has 6 rings (SSSR count). The Morgan fingerprint density at radius 2 is 1.66 bits per heavy atom. The summed E-state index contributed by atoms with van der Waals surface area (Å²) < 4.78 is 15.2. The van der Waals surface area contributed by atoms with Gasteiger partial charge < -0.3 is 9.15 Å². The summed E-state index contributed by atoms with van der Waals surface area (Å²) in [4.78, 5) is 18.4. The van der Waals surface area contributed by atoms with E-state index in [0.29, 0.717) is 46.0 Å². The van der Waals surface area contributed by atoms with Crippen molar-refractivity contribution in [2.45, 2.75) is 6.61 Å². The van der Waals surface area contributed by atoms with Crippen LogP contribution < -0.4 is 10.3 Å². The highest BCUT2D eigenvalue weighted by molar-refractivity contribution is 9.10. The summed E-state index contributed by atoms with van der Waals surface area (Å²) in [5.41, 5.74) is 2.70. The van der Waals surface area contributed by atoms with Gasteiger partial charge in [-0.05, 0) is 60.2 Å². The Morgan fingerprint density at radius 1 is 0.895 bits per heavy atom. The van der Waals surface area contributed by atoms with Crippen LogP contribution in [-0.4, -0.2) is 15.9 Å². The van der Waals surface area contributed by atoms with Gasteiger partial charge in [-0.1, -0.05) is 74.3 Å². The Morgan fingerprint density at radius 3 is 2.53 bits per heavy atom. The fourth-order valence-corrected chi connectivity index (χ4v) is 4.88. The number of ether oxygens (including phenoxy) is 1. The number of fused-ring (bicyclic) bond motifs is 2. The molecule has 0 aliphatic heterocycles. The molecule has 0 saturated heterocycles. The fourth-order valence-electron chi connectivity index (χ4n) is 4.12. The number of halogens is 2. The van der Waals surface area contributed by atoms with Crippen LogP contribution in [-0.2, 0) is 6.61 Å². The lowest BCUT2D eigenvalue weighted by atomic mass is 10.2. The van der Waals surface area contributed by atoms with Crippen molar-refractivity contribution in [1.82, 2.24) is 9.66 Å². The summed E-state index contributed by atoms with van der Waals surface area (Å²) in [7, 11) is 0. The minimum Gasteiger partial charge on any atom is -0.488 e. The third kappa shape index (κ3) is 4.92. The van der Waals surface area contributed by atoms with Crippen LogP contribution in [0, 0.1) is 0 Å². The van der Waals surface area contributed by atoms with Crippen LogP contribution in [0.1, 0.15) is 11.1 Å². The van der Waals surface area contributed by atoms with Gasteiger partial charge >= 0.3 is 0 Å². The molecule has 2 aromatic heterocycles. The van der Waals surface area contributed by atoms with Crippen LogP contribution in [0.25, 0.3) is 33.5 Å². The molecule has 2 heterocycles. The Balaban J connectivity index is 1.45. The number of hydrogen-bond donors (Lipinski definition) is 0. The van der Waals surface area contributed by atoms with Gasteiger partial charge in [0.1, 0.15) is 17.9 Å². The molecule has 6 aromatic rings. The number of aromatic nitrogens is 2. The van der Waals surface area contributed by atoms with Crippen molar-refractivity contribution in [3.63, 3.8) is 0 Å². The van der Waals surface area contributed by atoms with Gasteiger partial charge in [0, 0.05) is 19.9 Å². The molecule has 0 spiro atoms. The average molecular weight is 629 g/mol. The Kier molecular flexibility index (Phi) is 6.66. The lowest BCUT2D eigenvalue weighted by Gasteiger charge is -2.10. The molecule has 0 bridgehead atoms. The molecule has 0 unspecified atom stereocenters. The number of hydrogen-bond acceptors (Lipinski definition) is 5. The molecule has 186 valence electrons. The minimum absolute atomic E-state index is 0.301. The van der Waals surface area contributed by atoms with Crippen LogP contribution in [0.2, 0.25) is 0 Å². The summed E-state index contributed by atoms with van der Waals surface area (Å²) in [6.45, 7) is 0.403. The van der Waals surface area contributed by atoms with E-state index in [0.717, 1.165) is 19.9 Å². The number of nitrogens with zero attached hydrogens (tertiary/aromatic N) is 3. The maximum atomic E-state index is 13.6. The highest BCUT2D eigenvalue weighted by Crippen LogP contribution is 2.29. The van der Waals surface area contributed by atoms with E-state index in [2.05, 4.69) is 37.0 Å².